The second kappa shape index (κ2) is 6.35. The van der Waals surface area contributed by atoms with Gasteiger partial charge in [-0.1, -0.05) is 0 Å². The third kappa shape index (κ3) is 3.35. The molecule has 3 rings (SSSR count). The lowest BCUT2D eigenvalue weighted by Gasteiger charge is -2.25. The predicted molar refractivity (Wildman–Crippen MR) is 90.6 cm³/mol. The van der Waals surface area contributed by atoms with Crippen molar-refractivity contribution in [3.8, 4) is 11.5 Å². The summed E-state index contributed by atoms with van der Waals surface area (Å²) in [6.45, 7) is 3.15. The van der Waals surface area contributed by atoms with Crippen LogP contribution in [-0.2, 0) is 10.3 Å². The molecular formula is C18H16FN3O3. The number of nitrogens with one attached hydrogen (secondary N) is 1. The number of carbonyl (C=O) groups is 1. The van der Waals surface area contributed by atoms with E-state index in [1.165, 1.54) is 42.7 Å². The van der Waals surface area contributed by atoms with Crippen LogP contribution in [0.2, 0.25) is 0 Å². The number of amides is 1. The van der Waals surface area contributed by atoms with Crippen molar-refractivity contribution in [2.75, 3.05) is 5.32 Å². The molecule has 0 bridgehead atoms. The topological polar surface area (TPSA) is 77.1 Å². The van der Waals surface area contributed by atoms with Gasteiger partial charge in [-0.25, -0.2) is 9.07 Å². The van der Waals surface area contributed by atoms with Crippen molar-refractivity contribution in [1.29, 1.82) is 0 Å². The van der Waals surface area contributed by atoms with E-state index in [-0.39, 0.29) is 0 Å². The number of aromatic nitrogens is 2. The summed E-state index contributed by atoms with van der Waals surface area (Å²) in [5.41, 5.74) is -0.829. The zero-order valence-corrected chi connectivity index (χ0v) is 13.7. The van der Waals surface area contributed by atoms with Crippen LogP contribution in [0.3, 0.4) is 0 Å². The second-order valence-electron chi connectivity index (χ2n) is 5.97. The quantitative estimate of drug-likeness (QED) is 0.791. The van der Waals surface area contributed by atoms with Gasteiger partial charge in [-0.3, -0.25) is 9.59 Å². The molecule has 1 aromatic carbocycles. The molecule has 0 fully saturated rings. The molecule has 0 spiro atoms. The lowest BCUT2D eigenvalue weighted by molar-refractivity contribution is -0.123. The van der Waals surface area contributed by atoms with E-state index >= 15 is 0 Å². The summed E-state index contributed by atoms with van der Waals surface area (Å²) in [5, 5.41) is 6.91. The molecule has 0 atom stereocenters. The highest BCUT2D eigenvalue weighted by atomic mass is 19.1. The Morgan fingerprint density at radius 1 is 1.16 bits per heavy atom. The molecule has 2 heterocycles. The zero-order chi connectivity index (χ0) is 18.0. The maximum Gasteiger partial charge on any atom is 0.267 e. The molecule has 1 amide bonds. The van der Waals surface area contributed by atoms with Gasteiger partial charge in [-0.15, -0.1) is 0 Å². The van der Waals surface area contributed by atoms with E-state index in [1.54, 1.807) is 26.0 Å². The first-order valence-electron chi connectivity index (χ1n) is 7.60. The minimum absolute atomic E-state index is 0.402. The third-order valence-corrected chi connectivity index (χ3v) is 3.76. The van der Waals surface area contributed by atoms with Gasteiger partial charge in [0.15, 0.2) is 5.76 Å². The van der Waals surface area contributed by atoms with E-state index in [1.807, 2.05) is 0 Å². The van der Waals surface area contributed by atoms with Gasteiger partial charge in [0.25, 0.3) is 11.5 Å². The summed E-state index contributed by atoms with van der Waals surface area (Å²) in [6.07, 6.45) is 1.50. The Labute approximate surface area is 142 Å². The van der Waals surface area contributed by atoms with Crippen molar-refractivity contribution in [3.63, 3.8) is 0 Å². The minimum Gasteiger partial charge on any atom is -0.463 e. The molecule has 7 heteroatoms. The molecule has 0 aliphatic carbocycles. The average Bonchev–Trinajstić information content (AvgIpc) is 3.11. The number of benzene rings is 1. The van der Waals surface area contributed by atoms with Crippen LogP contribution in [0.5, 0.6) is 0 Å². The molecule has 3 aromatic rings. The molecule has 0 radical (unpaired) electrons. The fraction of sp³-hybridized carbons (Fsp3) is 0.167. The summed E-state index contributed by atoms with van der Waals surface area (Å²) in [6, 6.07) is 11.7. The number of furan rings is 1. The number of rotatable bonds is 4. The van der Waals surface area contributed by atoms with Crippen molar-refractivity contribution in [3.05, 3.63) is 71.0 Å². The lowest BCUT2D eigenvalue weighted by atomic mass is 10.0. The maximum atomic E-state index is 13.0. The number of hydrogen-bond donors (Lipinski definition) is 1. The summed E-state index contributed by atoms with van der Waals surface area (Å²) in [5.74, 6) is -0.366. The van der Waals surface area contributed by atoms with Gasteiger partial charge in [0.05, 0.1) is 6.26 Å². The fourth-order valence-corrected chi connectivity index (χ4v) is 2.28. The molecule has 1 N–H and O–H groups in total. The van der Waals surface area contributed by atoms with Crippen LogP contribution in [0.15, 0.2) is 64.0 Å². The van der Waals surface area contributed by atoms with Gasteiger partial charge >= 0.3 is 0 Å². The van der Waals surface area contributed by atoms with Crippen LogP contribution in [0.25, 0.3) is 11.5 Å². The van der Waals surface area contributed by atoms with E-state index in [2.05, 4.69) is 10.4 Å². The zero-order valence-electron chi connectivity index (χ0n) is 13.7. The molecule has 128 valence electrons. The van der Waals surface area contributed by atoms with Crippen molar-refractivity contribution in [1.82, 2.24) is 9.78 Å². The smallest absolute Gasteiger partial charge is 0.267 e. The van der Waals surface area contributed by atoms with Gasteiger partial charge in [0.2, 0.25) is 0 Å². The summed E-state index contributed by atoms with van der Waals surface area (Å²) < 4.78 is 19.4. The Hall–Kier alpha value is -3.22. The molecule has 6 nitrogen and oxygen atoms in total. The Balaban J connectivity index is 1.93. The highest BCUT2D eigenvalue weighted by Crippen LogP contribution is 2.20. The number of hydrogen-bond acceptors (Lipinski definition) is 4. The Morgan fingerprint density at radius 3 is 2.52 bits per heavy atom. The van der Waals surface area contributed by atoms with E-state index in [0.29, 0.717) is 17.1 Å². The SMILES string of the molecule is CC(C)(C(=O)Nc1ccc(F)cc1)n1nc(-c2ccco2)ccc1=O. The van der Waals surface area contributed by atoms with Gasteiger partial charge in [0, 0.05) is 11.8 Å². The highest BCUT2D eigenvalue weighted by molar-refractivity contribution is 5.96. The number of nitrogens with zero attached hydrogens (tertiary/aromatic N) is 2. The van der Waals surface area contributed by atoms with Crippen LogP contribution in [0.4, 0.5) is 10.1 Å². The number of halogens is 1. The Morgan fingerprint density at radius 2 is 1.88 bits per heavy atom. The van der Waals surface area contributed by atoms with E-state index < -0.39 is 22.8 Å². The lowest BCUT2D eigenvalue weighted by Crippen LogP contribution is -2.47. The number of carbonyl (C=O) groups excluding carboxylic acids is 1. The molecule has 0 unspecified atom stereocenters. The van der Waals surface area contributed by atoms with Crippen LogP contribution in [0, 0.1) is 5.82 Å². The number of anilines is 1. The van der Waals surface area contributed by atoms with Crippen LogP contribution in [-0.4, -0.2) is 15.7 Å². The molecule has 0 saturated heterocycles. The largest absolute Gasteiger partial charge is 0.463 e. The molecule has 0 aliphatic heterocycles. The third-order valence-electron chi connectivity index (χ3n) is 3.76. The second-order valence-corrected chi connectivity index (χ2v) is 5.97. The van der Waals surface area contributed by atoms with Crippen molar-refractivity contribution >= 4 is 11.6 Å². The molecule has 2 aromatic heterocycles. The first kappa shape index (κ1) is 16.6. The molecule has 25 heavy (non-hydrogen) atoms. The van der Waals surface area contributed by atoms with Crippen LogP contribution >= 0.6 is 0 Å². The summed E-state index contributed by atoms with van der Waals surface area (Å²) in [4.78, 5) is 24.9. The van der Waals surface area contributed by atoms with E-state index in [0.717, 1.165) is 4.68 Å². The van der Waals surface area contributed by atoms with Crippen LogP contribution in [0.1, 0.15) is 13.8 Å². The molecular weight excluding hydrogens is 325 g/mol. The Kier molecular flexibility index (Phi) is 4.22. The average molecular weight is 341 g/mol. The summed E-state index contributed by atoms with van der Waals surface area (Å²) in [7, 11) is 0. The highest BCUT2D eigenvalue weighted by Gasteiger charge is 2.32. The van der Waals surface area contributed by atoms with Crippen molar-refractivity contribution in [2.24, 2.45) is 0 Å². The van der Waals surface area contributed by atoms with Crippen molar-refractivity contribution in [2.45, 2.75) is 19.4 Å². The van der Waals surface area contributed by atoms with Gasteiger partial charge < -0.3 is 9.73 Å². The molecule has 0 aliphatic rings. The van der Waals surface area contributed by atoms with Gasteiger partial charge in [-0.2, -0.15) is 5.10 Å². The first-order chi connectivity index (χ1) is 11.9. The minimum atomic E-state index is -1.27. The van der Waals surface area contributed by atoms with E-state index in [9.17, 15) is 14.0 Å². The van der Waals surface area contributed by atoms with Crippen LogP contribution < -0.4 is 10.9 Å². The normalized spacial score (nSPS) is 11.3. The first-order valence-corrected chi connectivity index (χ1v) is 7.60. The standard InChI is InChI=1S/C18H16FN3O3/c1-18(2,17(24)20-13-7-5-12(19)6-8-13)22-16(23)10-9-14(21-22)15-4-3-11-25-15/h3-11H,1-2H3,(H,20,24). The van der Waals surface area contributed by atoms with E-state index in [4.69, 9.17) is 4.42 Å². The summed E-state index contributed by atoms with van der Waals surface area (Å²) >= 11 is 0. The van der Waals surface area contributed by atoms with Gasteiger partial charge in [0.1, 0.15) is 17.1 Å². The monoisotopic (exact) mass is 341 g/mol. The van der Waals surface area contributed by atoms with Crippen molar-refractivity contribution < 1.29 is 13.6 Å². The Bertz CT molecular complexity index is 944. The predicted octanol–water partition coefficient (Wildman–Crippen LogP) is 3.02. The molecule has 0 saturated carbocycles. The maximum absolute atomic E-state index is 13.0. The van der Waals surface area contributed by atoms with Gasteiger partial charge in [-0.05, 0) is 56.3 Å². The fourth-order valence-electron chi connectivity index (χ4n) is 2.28.